The highest BCUT2D eigenvalue weighted by molar-refractivity contribution is 9.10. The van der Waals surface area contributed by atoms with E-state index in [-0.39, 0.29) is 9.77 Å². The summed E-state index contributed by atoms with van der Waals surface area (Å²) in [7, 11) is -4.08. The Morgan fingerprint density at radius 3 is 2.42 bits per heavy atom. The number of halogens is 5. The van der Waals surface area contributed by atoms with Gasteiger partial charge in [0.05, 0.1) is 16.6 Å². The molecule has 0 amide bonds. The summed E-state index contributed by atoms with van der Waals surface area (Å²) in [6, 6.07) is 12.8. The lowest BCUT2D eigenvalue weighted by atomic mass is 10.1. The van der Waals surface area contributed by atoms with Gasteiger partial charge in [0.15, 0.2) is 0 Å². The largest absolute Gasteiger partial charge is 0.419 e. The molecule has 0 fully saturated rings. The van der Waals surface area contributed by atoms with E-state index in [0.29, 0.717) is 21.6 Å². The Bertz CT molecular complexity index is 1350. The lowest BCUT2D eigenvalue weighted by molar-refractivity contribution is -0.140. The van der Waals surface area contributed by atoms with E-state index in [1.165, 1.54) is 17.4 Å². The van der Waals surface area contributed by atoms with Gasteiger partial charge in [0.25, 0.3) is 10.0 Å². The molecule has 0 aliphatic heterocycles. The third-order valence-electron chi connectivity index (χ3n) is 4.45. The van der Waals surface area contributed by atoms with Crippen LogP contribution in [-0.2, 0) is 22.7 Å². The molecule has 0 atom stereocenters. The van der Waals surface area contributed by atoms with Gasteiger partial charge in [-0.25, -0.2) is 12.8 Å². The van der Waals surface area contributed by atoms with Crippen LogP contribution in [0.15, 0.2) is 68.7 Å². The lowest BCUT2D eigenvalue weighted by Crippen LogP contribution is -2.29. The second-order valence-electron chi connectivity index (χ2n) is 6.47. The smallest absolute Gasteiger partial charge is 0.251 e. The summed E-state index contributed by atoms with van der Waals surface area (Å²) in [6.45, 7) is -0.394. The Labute approximate surface area is 191 Å². The van der Waals surface area contributed by atoms with Crippen LogP contribution in [0.3, 0.4) is 0 Å². The van der Waals surface area contributed by atoms with Crippen LogP contribution in [-0.4, -0.2) is 8.42 Å². The number of hydrogen-bond donors (Lipinski definition) is 0. The number of benzene rings is 2. The molecule has 0 N–H and O–H groups in total. The molecule has 3 nitrogen and oxygen atoms in total. The molecular weight excluding hydrogens is 538 g/mol. The Morgan fingerprint density at radius 1 is 1.03 bits per heavy atom. The third kappa shape index (κ3) is 4.23. The highest BCUT2D eigenvalue weighted by atomic mass is 79.9. The normalized spacial score (nSPS) is 12.4. The number of hydrogen-bond acceptors (Lipinski definition) is 4. The van der Waals surface area contributed by atoms with Gasteiger partial charge in [0.2, 0.25) is 0 Å². The van der Waals surface area contributed by atoms with Crippen molar-refractivity contribution in [3.05, 3.63) is 81.4 Å². The van der Waals surface area contributed by atoms with Gasteiger partial charge in [-0.15, -0.1) is 22.7 Å². The van der Waals surface area contributed by atoms with Crippen LogP contribution in [0.1, 0.15) is 11.1 Å². The Kier molecular flexibility index (Phi) is 5.88. The molecule has 0 unspecified atom stereocenters. The van der Waals surface area contributed by atoms with Gasteiger partial charge in [-0.2, -0.15) is 13.2 Å². The average Bonchev–Trinajstić information content (AvgIpc) is 3.36. The molecule has 4 aromatic rings. The molecule has 2 aromatic carbocycles. The number of anilines is 1. The van der Waals surface area contributed by atoms with Crippen molar-refractivity contribution >= 4 is 63.7 Å². The first-order chi connectivity index (χ1) is 14.6. The Balaban J connectivity index is 1.87. The zero-order valence-corrected chi connectivity index (χ0v) is 19.4. The number of nitrogens with zero attached hydrogens (tertiary/aromatic N) is 1. The minimum absolute atomic E-state index is 0.0122. The Morgan fingerprint density at radius 2 is 1.77 bits per heavy atom. The third-order valence-corrected chi connectivity index (χ3v) is 9.94. The first-order valence-corrected chi connectivity index (χ1v) is 12.6. The van der Waals surface area contributed by atoms with E-state index in [0.717, 1.165) is 31.8 Å². The lowest BCUT2D eigenvalue weighted by Gasteiger charge is -2.23. The molecule has 0 aliphatic rings. The van der Waals surface area contributed by atoms with Crippen molar-refractivity contribution in [2.45, 2.75) is 16.9 Å². The van der Waals surface area contributed by atoms with E-state index >= 15 is 0 Å². The fourth-order valence-corrected chi connectivity index (χ4v) is 7.93. The van der Waals surface area contributed by atoms with Crippen molar-refractivity contribution in [1.82, 2.24) is 0 Å². The van der Waals surface area contributed by atoms with Crippen LogP contribution in [0.5, 0.6) is 0 Å². The highest BCUT2D eigenvalue weighted by Crippen LogP contribution is 2.45. The molecule has 11 heteroatoms. The number of alkyl halides is 3. The van der Waals surface area contributed by atoms with Crippen LogP contribution in [0.25, 0.3) is 10.1 Å². The first kappa shape index (κ1) is 22.3. The summed E-state index contributed by atoms with van der Waals surface area (Å²) in [4.78, 5) is 0. The summed E-state index contributed by atoms with van der Waals surface area (Å²) in [5, 5.41) is 2.71. The molecule has 0 radical (unpaired) electrons. The molecule has 31 heavy (non-hydrogen) atoms. The predicted molar refractivity (Wildman–Crippen MR) is 119 cm³/mol. The van der Waals surface area contributed by atoms with Gasteiger partial charge >= 0.3 is 6.18 Å². The van der Waals surface area contributed by atoms with E-state index < -0.39 is 34.1 Å². The van der Waals surface area contributed by atoms with Crippen LogP contribution in [0.2, 0.25) is 0 Å². The molecule has 2 aromatic heterocycles. The fourth-order valence-electron chi connectivity index (χ4n) is 3.00. The number of sulfonamides is 1. The van der Waals surface area contributed by atoms with E-state index in [2.05, 4.69) is 15.9 Å². The van der Waals surface area contributed by atoms with Crippen molar-refractivity contribution in [2.75, 3.05) is 4.31 Å². The van der Waals surface area contributed by atoms with Crippen LogP contribution < -0.4 is 4.31 Å². The van der Waals surface area contributed by atoms with Crippen molar-refractivity contribution in [1.29, 1.82) is 0 Å². The maximum Gasteiger partial charge on any atom is 0.419 e. The summed E-state index contributed by atoms with van der Waals surface area (Å²) in [6.07, 6.45) is -4.89. The standard InChI is InChI=1S/C20H12BrF4NO2S3/c21-18-13-4-1-2-5-16(13)30-19(18)26(31(27,28)17-6-3-9-29-17)11-12-7-8-15(22)14(10-12)20(23,24)25/h1-10H,11H2. The minimum atomic E-state index is -4.89. The number of thiophene rings is 2. The van der Waals surface area contributed by atoms with E-state index in [4.69, 9.17) is 0 Å². The van der Waals surface area contributed by atoms with Crippen molar-refractivity contribution in [3.63, 3.8) is 0 Å². The fraction of sp³-hybridized carbons (Fsp3) is 0.100. The minimum Gasteiger partial charge on any atom is -0.251 e. The monoisotopic (exact) mass is 549 g/mol. The SMILES string of the molecule is O=S(=O)(c1cccs1)N(Cc1ccc(F)c(C(F)(F)F)c1)c1sc2ccccc2c1Br. The topological polar surface area (TPSA) is 37.4 Å². The zero-order chi connectivity index (χ0) is 22.4. The number of rotatable bonds is 5. The van der Waals surface area contributed by atoms with Crippen molar-refractivity contribution < 1.29 is 26.0 Å². The maximum absolute atomic E-state index is 13.7. The van der Waals surface area contributed by atoms with Gasteiger partial charge < -0.3 is 0 Å². The van der Waals surface area contributed by atoms with Crippen molar-refractivity contribution in [3.8, 4) is 0 Å². The Hall–Kier alpha value is -1.95. The molecule has 162 valence electrons. The van der Waals surface area contributed by atoms with Gasteiger partial charge in [0, 0.05) is 10.1 Å². The second-order valence-corrected chi connectivity index (χ2v) is 11.3. The quantitative estimate of drug-likeness (QED) is 0.245. The molecule has 0 bridgehead atoms. The second kappa shape index (κ2) is 8.19. The molecule has 0 saturated heterocycles. The number of fused-ring (bicyclic) bond motifs is 1. The molecule has 2 heterocycles. The van der Waals surface area contributed by atoms with Gasteiger partial charge in [0.1, 0.15) is 15.0 Å². The van der Waals surface area contributed by atoms with E-state index in [9.17, 15) is 26.0 Å². The van der Waals surface area contributed by atoms with Crippen molar-refractivity contribution in [2.24, 2.45) is 0 Å². The van der Waals surface area contributed by atoms with Crippen LogP contribution >= 0.6 is 38.6 Å². The van der Waals surface area contributed by atoms with Gasteiger partial charge in [-0.1, -0.05) is 30.3 Å². The van der Waals surface area contributed by atoms with Gasteiger partial charge in [-0.3, -0.25) is 4.31 Å². The predicted octanol–water partition coefficient (Wildman–Crippen LogP) is 7.28. The summed E-state index contributed by atoms with van der Waals surface area (Å²) in [5.74, 6) is -1.41. The summed E-state index contributed by atoms with van der Waals surface area (Å²) < 4.78 is 82.5. The van der Waals surface area contributed by atoms with E-state index in [1.54, 1.807) is 17.5 Å². The molecule has 4 rings (SSSR count). The maximum atomic E-state index is 13.7. The molecule has 0 spiro atoms. The molecular formula is C20H12BrF4NO2S3. The zero-order valence-electron chi connectivity index (χ0n) is 15.4. The average molecular weight is 550 g/mol. The molecule has 0 aliphatic carbocycles. The molecule has 0 saturated carbocycles. The summed E-state index contributed by atoms with van der Waals surface area (Å²) in [5.41, 5.74) is -1.42. The highest BCUT2D eigenvalue weighted by Gasteiger charge is 2.35. The van der Waals surface area contributed by atoms with Crippen LogP contribution in [0, 0.1) is 5.82 Å². The van der Waals surface area contributed by atoms with E-state index in [1.807, 2.05) is 18.2 Å². The first-order valence-electron chi connectivity index (χ1n) is 8.68. The summed E-state index contributed by atoms with van der Waals surface area (Å²) >= 11 is 5.65. The van der Waals surface area contributed by atoms with Crippen LogP contribution in [0.4, 0.5) is 22.6 Å². The van der Waals surface area contributed by atoms with Gasteiger partial charge in [-0.05, 0) is 51.1 Å².